The van der Waals surface area contributed by atoms with Gasteiger partial charge in [0.2, 0.25) is 5.76 Å². The Morgan fingerprint density at radius 2 is 2.44 bits per heavy atom. The summed E-state index contributed by atoms with van der Waals surface area (Å²) in [6.45, 7) is 2.52. The number of furan rings is 1. The number of hydrogen-bond acceptors (Lipinski definition) is 5. The van der Waals surface area contributed by atoms with Crippen molar-refractivity contribution in [1.29, 1.82) is 0 Å². The maximum absolute atomic E-state index is 11.3. The highest BCUT2D eigenvalue weighted by Crippen LogP contribution is 2.11. The summed E-state index contributed by atoms with van der Waals surface area (Å²) in [5.74, 6) is -0.276. The fraction of sp³-hybridized carbons (Fsp3) is 0.545. The number of methoxy groups -OCH3 is 1. The summed E-state index contributed by atoms with van der Waals surface area (Å²) in [7, 11) is 1.31. The Morgan fingerprint density at radius 1 is 1.69 bits per heavy atom. The van der Waals surface area contributed by atoms with Gasteiger partial charge in [-0.15, -0.1) is 0 Å². The van der Waals surface area contributed by atoms with Gasteiger partial charge in [-0.05, 0) is 12.5 Å². The lowest BCUT2D eigenvalue weighted by atomic mass is 10.2. The van der Waals surface area contributed by atoms with E-state index < -0.39 is 5.97 Å². The predicted molar refractivity (Wildman–Crippen MR) is 58.1 cm³/mol. The van der Waals surface area contributed by atoms with Gasteiger partial charge in [0.15, 0.2) is 0 Å². The van der Waals surface area contributed by atoms with Crippen LogP contribution in [0.5, 0.6) is 0 Å². The number of aliphatic hydroxyl groups is 1. The van der Waals surface area contributed by atoms with E-state index in [4.69, 9.17) is 9.52 Å². The number of rotatable bonds is 6. The molecule has 2 N–H and O–H groups in total. The molecule has 1 atom stereocenters. The van der Waals surface area contributed by atoms with Crippen molar-refractivity contribution in [2.75, 3.05) is 13.7 Å². The quantitative estimate of drug-likeness (QED) is 0.707. The van der Waals surface area contributed by atoms with Gasteiger partial charge < -0.3 is 19.6 Å². The zero-order chi connectivity index (χ0) is 12.0. The molecule has 1 aromatic heterocycles. The zero-order valence-corrected chi connectivity index (χ0v) is 9.53. The van der Waals surface area contributed by atoms with Crippen LogP contribution in [0.25, 0.3) is 0 Å². The molecule has 1 rings (SSSR count). The molecule has 0 saturated heterocycles. The molecule has 0 unspecified atom stereocenters. The first-order valence-electron chi connectivity index (χ1n) is 5.21. The maximum Gasteiger partial charge on any atom is 0.374 e. The van der Waals surface area contributed by atoms with Crippen LogP contribution in [0.2, 0.25) is 0 Å². The first-order chi connectivity index (χ1) is 7.72. The zero-order valence-electron chi connectivity index (χ0n) is 9.53. The van der Waals surface area contributed by atoms with Crippen LogP contribution in [0, 0.1) is 0 Å². The second-order valence-electron chi connectivity index (χ2n) is 3.44. The molecule has 0 saturated carbocycles. The van der Waals surface area contributed by atoms with E-state index in [1.165, 1.54) is 13.4 Å². The molecule has 0 aliphatic rings. The molecule has 1 heterocycles. The molecule has 0 amide bonds. The Bertz CT molecular complexity index is 330. The number of carbonyl (C=O) groups is 1. The van der Waals surface area contributed by atoms with Gasteiger partial charge in [0.1, 0.15) is 0 Å². The van der Waals surface area contributed by atoms with Gasteiger partial charge in [-0.25, -0.2) is 4.79 Å². The summed E-state index contributed by atoms with van der Waals surface area (Å²) in [6.07, 6.45) is 2.27. The molecule has 0 radical (unpaired) electrons. The summed E-state index contributed by atoms with van der Waals surface area (Å²) in [6, 6.07) is 1.74. The van der Waals surface area contributed by atoms with E-state index in [0.29, 0.717) is 6.54 Å². The van der Waals surface area contributed by atoms with Gasteiger partial charge in [0.05, 0.1) is 20.0 Å². The molecule has 0 fully saturated rings. The number of aliphatic hydroxyl groups excluding tert-OH is 1. The van der Waals surface area contributed by atoms with Gasteiger partial charge in [0.25, 0.3) is 0 Å². The maximum atomic E-state index is 11.3. The number of carbonyl (C=O) groups excluding carboxylic acids is 1. The van der Waals surface area contributed by atoms with E-state index >= 15 is 0 Å². The topological polar surface area (TPSA) is 71.7 Å². The SMILES string of the molecule is CC[C@H](CO)NCc1ccoc1C(=O)OC. The first-order valence-corrected chi connectivity index (χ1v) is 5.21. The lowest BCUT2D eigenvalue weighted by Gasteiger charge is -2.13. The average molecular weight is 227 g/mol. The van der Waals surface area contributed by atoms with E-state index in [0.717, 1.165) is 12.0 Å². The second kappa shape index (κ2) is 6.30. The third-order valence-corrected chi connectivity index (χ3v) is 2.41. The lowest BCUT2D eigenvalue weighted by Crippen LogP contribution is -2.31. The second-order valence-corrected chi connectivity index (χ2v) is 3.44. The van der Waals surface area contributed by atoms with Gasteiger partial charge in [-0.3, -0.25) is 0 Å². The monoisotopic (exact) mass is 227 g/mol. The Kier molecular flexibility index (Phi) is 5.01. The minimum absolute atomic E-state index is 0.0281. The van der Waals surface area contributed by atoms with Gasteiger partial charge in [0, 0.05) is 18.2 Å². The molecule has 0 spiro atoms. The van der Waals surface area contributed by atoms with E-state index in [-0.39, 0.29) is 18.4 Å². The smallest absolute Gasteiger partial charge is 0.374 e. The normalized spacial score (nSPS) is 12.4. The summed E-state index contributed by atoms with van der Waals surface area (Å²) in [5.41, 5.74) is 0.735. The highest BCUT2D eigenvalue weighted by atomic mass is 16.5. The van der Waals surface area contributed by atoms with Crippen LogP contribution >= 0.6 is 0 Å². The molecule has 0 aromatic carbocycles. The van der Waals surface area contributed by atoms with E-state index in [2.05, 4.69) is 10.1 Å². The fourth-order valence-corrected chi connectivity index (χ4v) is 1.34. The van der Waals surface area contributed by atoms with Crippen LogP contribution < -0.4 is 5.32 Å². The minimum atomic E-state index is -0.487. The van der Waals surface area contributed by atoms with Crippen molar-refractivity contribution in [3.63, 3.8) is 0 Å². The molecule has 0 aliphatic heterocycles. The van der Waals surface area contributed by atoms with Crippen LogP contribution in [0.3, 0.4) is 0 Å². The van der Waals surface area contributed by atoms with E-state index in [1.807, 2.05) is 6.92 Å². The van der Waals surface area contributed by atoms with Crippen LogP contribution in [-0.2, 0) is 11.3 Å². The highest BCUT2D eigenvalue weighted by molar-refractivity contribution is 5.87. The van der Waals surface area contributed by atoms with Gasteiger partial charge in [-0.1, -0.05) is 6.92 Å². The fourth-order valence-electron chi connectivity index (χ4n) is 1.34. The highest BCUT2D eigenvalue weighted by Gasteiger charge is 2.16. The average Bonchev–Trinajstić information content (AvgIpc) is 2.77. The Balaban J connectivity index is 2.60. The summed E-state index contributed by atoms with van der Waals surface area (Å²) in [5, 5.41) is 12.1. The van der Waals surface area contributed by atoms with Crippen molar-refractivity contribution in [1.82, 2.24) is 5.32 Å². The molecule has 0 bridgehead atoms. The third-order valence-electron chi connectivity index (χ3n) is 2.41. The van der Waals surface area contributed by atoms with Crippen LogP contribution in [-0.4, -0.2) is 30.8 Å². The molecule has 5 heteroatoms. The summed E-state index contributed by atoms with van der Waals surface area (Å²) < 4.78 is 9.62. The molecule has 90 valence electrons. The van der Waals surface area contributed by atoms with Crippen LogP contribution in [0.1, 0.15) is 29.5 Å². The van der Waals surface area contributed by atoms with Gasteiger partial charge >= 0.3 is 5.97 Å². The lowest BCUT2D eigenvalue weighted by molar-refractivity contribution is 0.0563. The van der Waals surface area contributed by atoms with Crippen LogP contribution in [0.4, 0.5) is 0 Å². The number of hydrogen-bond donors (Lipinski definition) is 2. The molecule has 1 aromatic rings. The number of ether oxygens (including phenoxy) is 1. The minimum Gasteiger partial charge on any atom is -0.463 e. The van der Waals surface area contributed by atoms with E-state index in [1.54, 1.807) is 6.07 Å². The molecule has 16 heavy (non-hydrogen) atoms. The largest absolute Gasteiger partial charge is 0.463 e. The molecule has 5 nitrogen and oxygen atoms in total. The standard InChI is InChI=1S/C11H17NO4/c1-3-9(7-13)12-6-8-4-5-16-10(8)11(14)15-2/h4-5,9,12-13H,3,6-7H2,1-2H3/t9-/m1/s1. The Labute approximate surface area is 94.4 Å². The molecule has 0 aliphatic carbocycles. The number of nitrogens with one attached hydrogen (secondary N) is 1. The van der Waals surface area contributed by atoms with Crippen molar-refractivity contribution >= 4 is 5.97 Å². The van der Waals surface area contributed by atoms with Crippen molar-refractivity contribution in [3.05, 3.63) is 23.7 Å². The first kappa shape index (κ1) is 12.7. The summed E-state index contributed by atoms with van der Waals surface area (Å²) >= 11 is 0. The Morgan fingerprint density at radius 3 is 3.00 bits per heavy atom. The number of esters is 1. The van der Waals surface area contributed by atoms with Crippen LogP contribution in [0.15, 0.2) is 16.7 Å². The molecular weight excluding hydrogens is 210 g/mol. The molecular formula is C11H17NO4. The van der Waals surface area contributed by atoms with Crippen molar-refractivity contribution < 1.29 is 19.1 Å². The van der Waals surface area contributed by atoms with E-state index in [9.17, 15) is 4.79 Å². The van der Waals surface area contributed by atoms with Crippen molar-refractivity contribution in [3.8, 4) is 0 Å². The van der Waals surface area contributed by atoms with Gasteiger partial charge in [-0.2, -0.15) is 0 Å². The Hall–Kier alpha value is -1.33. The van der Waals surface area contributed by atoms with Crippen molar-refractivity contribution in [2.45, 2.75) is 25.9 Å². The third kappa shape index (κ3) is 3.08. The summed E-state index contributed by atoms with van der Waals surface area (Å²) in [4.78, 5) is 11.3. The predicted octanol–water partition coefficient (Wildman–Crippen LogP) is 0.927. The van der Waals surface area contributed by atoms with Crippen molar-refractivity contribution in [2.24, 2.45) is 0 Å².